The number of halogens is 2. The first-order chi connectivity index (χ1) is 14.1. The van der Waals surface area contributed by atoms with Crippen molar-refractivity contribution in [1.82, 2.24) is 0 Å². The van der Waals surface area contributed by atoms with Crippen molar-refractivity contribution in [2.75, 3.05) is 0 Å². The maximum Gasteiger partial charge on any atom is 0.387 e. The highest BCUT2D eigenvalue weighted by Gasteiger charge is 2.44. The molecule has 3 fully saturated rings. The standard InChI is InChI=1S/C26H36F2O/c1-2-3-4-5-18-6-14-24-21(16-18)7-8-22-17-20(11-15-25(22)24)19-9-12-23(13-10-19)29-26(27)28/h2-3,9-10,12-13,18,20-22,24-26H,4-8,11,14-17H2,1H3/b3-2+. The highest BCUT2D eigenvalue weighted by molar-refractivity contribution is 5.30. The quantitative estimate of drug-likeness (QED) is 0.438. The van der Waals surface area contributed by atoms with Gasteiger partial charge in [-0.2, -0.15) is 8.78 Å². The van der Waals surface area contributed by atoms with Crippen molar-refractivity contribution in [3.8, 4) is 5.75 Å². The van der Waals surface area contributed by atoms with E-state index in [2.05, 4.69) is 23.8 Å². The van der Waals surface area contributed by atoms with Gasteiger partial charge in [0.25, 0.3) is 0 Å². The van der Waals surface area contributed by atoms with E-state index in [0.717, 1.165) is 29.6 Å². The van der Waals surface area contributed by atoms with Gasteiger partial charge in [0, 0.05) is 0 Å². The molecule has 29 heavy (non-hydrogen) atoms. The van der Waals surface area contributed by atoms with Crippen LogP contribution in [-0.4, -0.2) is 6.61 Å². The van der Waals surface area contributed by atoms with Crippen LogP contribution in [0.3, 0.4) is 0 Å². The Kier molecular flexibility index (Phi) is 6.92. The van der Waals surface area contributed by atoms with Gasteiger partial charge >= 0.3 is 6.61 Å². The molecule has 0 heterocycles. The van der Waals surface area contributed by atoms with E-state index in [1.165, 1.54) is 69.8 Å². The Bertz CT molecular complexity index is 668. The van der Waals surface area contributed by atoms with Crippen LogP contribution in [0.1, 0.15) is 82.6 Å². The predicted molar refractivity (Wildman–Crippen MR) is 114 cm³/mol. The summed E-state index contributed by atoms with van der Waals surface area (Å²) in [5.41, 5.74) is 1.31. The van der Waals surface area contributed by atoms with E-state index < -0.39 is 6.61 Å². The molecule has 1 aromatic carbocycles. The van der Waals surface area contributed by atoms with Crippen molar-refractivity contribution in [1.29, 1.82) is 0 Å². The molecule has 1 nitrogen and oxygen atoms in total. The SMILES string of the molecule is C/C=C/CCC1CCC2C(CCC3CC(c4ccc(OC(F)F)cc4)CCC32)C1. The lowest BCUT2D eigenvalue weighted by Crippen LogP contribution is -2.41. The average Bonchev–Trinajstić information content (AvgIpc) is 2.73. The Morgan fingerprint density at radius 2 is 1.62 bits per heavy atom. The van der Waals surface area contributed by atoms with E-state index in [-0.39, 0.29) is 5.75 Å². The normalized spacial score (nSPS) is 34.8. The molecule has 3 aliphatic carbocycles. The number of ether oxygens (including phenoxy) is 1. The van der Waals surface area contributed by atoms with Gasteiger partial charge in [-0.05, 0) is 118 Å². The van der Waals surface area contributed by atoms with Crippen molar-refractivity contribution < 1.29 is 13.5 Å². The summed E-state index contributed by atoms with van der Waals surface area (Å²) >= 11 is 0. The Morgan fingerprint density at radius 1 is 0.931 bits per heavy atom. The Hall–Kier alpha value is -1.38. The molecule has 3 heteroatoms. The minimum Gasteiger partial charge on any atom is -0.435 e. The summed E-state index contributed by atoms with van der Waals surface area (Å²) in [6.07, 6.45) is 18.3. The van der Waals surface area contributed by atoms with Crippen LogP contribution < -0.4 is 4.74 Å². The van der Waals surface area contributed by atoms with Gasteiger partial charge in [-0.25, -0.2) is 0 Å². The molecule has 0 aliphatic heterocycles. The van der Waals surface area contributed by atoms with Crippen molar-refractivity contribution in [3.05, 3.63) is 42.0 Å². The summed E-state index contributed by atoms with van der Waals surface area (Å²) < 4.78 is 29.3. The van der Waals surface area contributed by atoms with Gasteiger partial charge < -0.3 is 4.74 Å². The molecule has 6 unspecified atom stereocenters. The van der Waals surface area contributed by atoms with Gasteiger partial charge in [0.15, 0.2) is 0 Å². The minimum atomic E-state index is -2.75. The zero-order valence-corrected chi connectivity index (χ0v) is 17.7. The summed E-state index contributed by atoms with van der Waals surface area (Å²) in [7, 11) is 0. The molecule has 6 atom stereocenters. The molecule has 0 spiro atoms. The number of fused-ring (bicyclic) bond motifs is 3. The van der Waals surface area contributed by atoms with Crippen LogP contribution >= 0.6 is 0 Å². The predicted octanol–water partition coefficient (Wildman–Crippen LogP) is 7.97. The molecule has 0 amide bonds. The molecule has 0 N–H and O–H groups in total. The van der Waals surface area contributed by atoms with Crippen LogP contribution in [0, 0.1) is 29.6 Å². The molecule has 4 rings (SSSR count). The fourth-order valence-electron chi connectivity index (χ4n) is 6.88. The first-order valence-electron chi connectivity index (χ1n) is 11.8. The molecule has 160 valence electrons. The first-order valence-corrected chi connectivity index (χ1v) is 11.8. The second-order valence-corrected chi connectivity index (χ2v) is 9.71. The zero-order chi connectivity index (χ0) is 20.2. The number of hydrogen-bond acceptors (Lipinski definition) is 1. The maximum absolute atomic E-state index is 12.4. The molecule has 0 aromatic heterocycles. The zero-order valence-electron chi connectivity index (χ0n) is 17.7. The minimum absolute atomic E-state index is 0.268. The fraction of sp³-hybridized carbons (Fsp3) is 0.692. The number of benzene rings is 1. The summed E-state index contributed by atoms with van der Waals surface area (Å²) in [5, 5.41) is 0. The van der Waals surface area contributed by atoms with Crippen molar-refractivity contribution in [2.45, 2.75) is 83.7 Å². The fourth-order valence-corrected chi connectivity index (χ4v) is 6.88. The number of hydrogen-bond donors (Lipinski definition) is 0. The molecule has 0 radical (unpaired) electrons. The van der Waals surface area contributed by atoms with Gasteiger partial charge in [-0.1, -0.05) is 30.7 Å². The van der Waals surface area contributed by atoms with Crippen LogP contribution in [0.2, 0.25) is 0 Å². The molecule has 0 saturated heterocycles. The van der Waals surface area contributed by atoms with Gasteiger partial charge in [0.2, 0.25) is 0 Å². The summed E-state index contributed by atoms with van der Waals surface area (Å²) in [6, 6.07) is 7.42. The van der Waals surface area contributed by atoms with E-state index >= 15 is 0 Å². The highest BCUT2D eigenvalue weighted by atomic mass is 19.3. The van der Waals surface area contributed by atoms with Crippen molar-refractivity contribution in [3.63, 3.8) is 0 Å². The van der Waals surface area contributed by atoms with E-state index in [0.29, 0.717) is 5.92 Å². The number of alkyl halides is 2. The van der Waals surface area contributed by atoms with E-state index in [4.69, 9.17) is 0 Å². The lowest BCUT2D eigenvalue weighted by atomic mass is 9.55. The average molecular weight is 403 g/mol. The van der Waals surface area contributed by atoms with E-state index in [9.17, 15) is 8.78 Å². The monoisotopic (exact) mass is 402 g/mol. The topological polar surface area (TPSA) is 9.23 Å². The largest absolute Gasteiger partial charge is 0.435 e. The van der Waals surface area contributed by atoms with Crippen LogP contribution in [0.25, 0.3) is 0 Å². The van der Waals surface area contributed by atoms with Crippen molar-refractivity contribution >= 4 is 0 Å². The highest BCUT2D eigenvalue weighted by Crippen LogP contribution is 2.55. The summed E-state index contributed by atoms with van der Waals surface area (Å²) in [5.74, 6) is 5.55. The van der Waals surface area contributed by atoms with Gasteiger partial charge in [0.1, 0.15) is 5.75 Å². The Labute approximate surface area is 174 Å². The van der Waals surface area contributed by atoms with Gasteiger partial charge in [-0.15, -0.1) is 0 Å². The summed E-state index contributed by atoms with van der Waals surface area (Å²) in [4.78, 5) is 0. The first kappa shape index (κ1) is 20.9. The number of allylic oxidation sites excluding steroid dienone is 2. The van der Waals surface area contributed by atoms with Gasteiger partial charge in [0.05, 0.1) is 0 Å². The van der Waals surface area contributed by atoms with Crippen LogP contribution in [0.15, 0.2) is 36.4 Å². The smallest absolute Gasteiger partial charge is 0.387 e. The molecule has 3 saturated carbocycles. The van der Waals surface area contributed by atoms with E-state index in [1.54, 1.807) is 12.1 Å². The number of rotatable bonds is 6. The van der Waals surface area contributed by atoms with Crippen LogP contribution in [0.4, 0.5) is 8.78 Å². The Morgan fingerprint density at radius 3 is 2.31 bits per heavy atom. The lowest BCUT2D eigenvalue weighted by Gasteiger charge is -2.51. The molecular formula is C26H36F2O. The maximum atomic E-state index is 12.4. The third-order valence-electron chi connectivity index (χ3n) is 8.20. The third kappa shape index (κ3) is 5.03. The van der Waals surface area contributed by atoms with Crippen LogP contribution in [-0.2, 0) is 0 Å². The van der Waals surface area contributed by atoms with Crippen LogP contribution in [0.5, 0.6) is 5.75 Å². The van der Waals surface area contributed by atoms with Crippen molar-refractivity contribution in [2.24, 2.45) is 29.6 Å². The lowest BCUT2D eigenvalue weighted by molar-refractivity contribution is -0.0498. The summed E-state index contributed by atoms with van der Waals surface area (Å²) in [6.45, 7) is -0.621. The Balaban J connectivity index is 1.32. The molecule has 1 aromatic rings. The third-order valence-corrected chi connectivity index (χ3v) is 8.20. The second-order valence-electron chi connectivity index (χ2n) is 9.71. The molecule has 3 aliphatic rings. The van der Waals surface area contributed by atoms with E-state index in [1.807, 2.05) is 12.1 Å². The molecule has 0 bridgehead atoms. The van der Waals surface area contributed by atoms with Gasteiger partial charge in [-0.3, -0.25) is 0 Å². The second kappa shape index (κ2) is 9.62. The molecular weight excluding hydrogens is 366 g/mol.